The number of anilines is 1. The molecule has 4 rings (SSSR count). The van der Waals surface area contributed by atoms with Gasteiger partial charge < -0.3 is 4.98 Å². The minimum Gasteiger partial charge on any atom is -0.329 e. The summed E-state index contributed by atoms with van der Waals surface area (Å²) < 4.78 is 39.9. The Bertz CT molecular complexity index is 1540. The fraction of sp³-hybridized carbons (Fsp3) is 0.208. The monoisotopic (exact) mass is 466 g/mol. The molecule has 2 heterocycles. The largest absolute Gasteiger partial charge is 0.329 e. The Morgan fingerprint density at radius 3 is 2.42 bits per heavy atom. The number of fused-ring (bicyclic) bond motifs is 1. The fourth-order valence-electron chi connectivity index (χ4n) is 3.53. The maximum absolute atomic E-state index is 14.8. The Balaban J connectivity index is 1.91. The van der Waals surface area contributed by atoms with Crippen LogP contribution in [0.2, 0.25) is 0 Å². The number of nitrogens with zero attached hydrogens (tertiary/aromatic N) is 2. The van der Waals surface area contributed by atoms with Crippen molar-refractivity contribution >= 4 is 26.7 Å². The van der Waals surface area contributed by atoms with Gasteiger partial charge in [0.25, 0.3) is 5.56 Å². The molecule has 0 radical (unpaired) electrons. The molecule has 4 aromatic rings. The Labute approximate surface area is 190 Å². The van der Waals surface area contributed by atoms with E-state index in [1.54, 1.807) is 18.3 Å². The highest BCUT2D eigenvalue weighted by Gasteiger charge is 2.20. The van der Waals surface area contributed by atoms with Crippen LogP contribution in [0.4, 0.5) is 10.1 Å². The molecule has 170 valence electrons. The van der Waals surface area contributed by atoms with E-state index in [4.69, 9.17) is 0 Å². The zero-order valence-electron chi connectivity index (χ0n) is 18.6. The van der Waals surface area contributed by atoms with E-state index in [-0.39, 0.29) is 22.2 Å². The van der Waals surface area contributed by atoms with E-state index in [0.29, 0.717) is 27.9 Å². The summed E-state index contributed by atoms with van der Waals surface area (Å²) in [5.41, 5.74) is 3.25. The SMILES string of the molecule is CC(C)(C)c1cc(-c2ccc[nH]c2=O)c2ncc(-c3ccc(NS(C)(=O)=O)cc3F)nc2c1. The average Bonchev–Trinajstić information content (AvgIpc) is 2.71. The van der Waals surface area contributed by atoms with Gasteiger partial charge in [-0.05, 0) is 53.4 Å². The van der Waals surface area contributed by atoms with E-state index >= 15 is 0 Å². The highest BCUT2D eigenvalue weighted by molar-refractivity contribution is 7.92. The van der Waals surface area contributed by atoms with Crippen LogP contribution in [0.25, 0.3) is 33.4 Å². The van der Waals surface area contributed by atoms with Crippen molar-refractivity contribution in [1.29, 1.82) is 0 Å². The number of hydrogen-bond acceptors (Lipinski definition) is 5. The molecule has 0 amide bonds. The van der Waals surface area contributed by atoms with E-state index in [1.165, 1.54) is 18.3 Å². The van der Waals surface area contributed by atoms with Crippen molar-refractivity contribution in [2.24, 2.45) is 0 Å². The van der Waals surface area contributed by atoms with Gasteiger partial charge in [0.1, 0.15) is 5.82 Å². The van der Waals surface area contributed by atoms with Gasteiger partial charge in [0.2, 0.25) is 10.0 Å². The minimum atomic E-state index is -3.53. The number of sulfonamides is 1. The Kier molecular flexibility index (Phi) is 5.53. The van der Waals surface area contributed by atoms with Crippen LogP contribution < -0.4 is 10.3 Å². The molecule has 7 nitrogen and oxygen atoms in total. The molecule has 0 saturated heterocycles. The lowest BCUT2D eigenvalue weighted by molar-refractivity contribution is 0.591. The second-order valence-electron chi connectivity index (χ2n) is 8.88. The molecule has 0 spiro atoms. The molecule has 0 aliphatic heterocycles. The van der Waals surface area contributed by atoms with Crippen molar-refractivity contribution in [1.82, 2.24) is 15.0 Å². The van der Waals surface area contributed by atoms with Gasteiger partial charge in [0.05, 0.1) is 34.9 Å². The predicted molar refractivity (Wildman–Crippen MR) is 128 cm³/mol. The van der Waals surface area contributed by atoms with Gasteiger partial charge >= 0.3 is 0 Å². The van der Waals surface area contributed by atoms with Crippen molar-refractivity contribution < 1.29 is 12.8 Å². The minimum absolute atomic E-state index is 0.119. The second kappa shape index (κ2) is 8.08. The second-order valence-corrected chi connectivity index (χ2v) is 10.6. The van der Waals surface area contributed by atoms with Gasteiger partial charge in [-0.3, -0.25) is 14.5 Å². The number of pyridine rings is 1. The van der Waals surface area contributed by atoms with Gasteiger partial charge in [0.15, 0.2) is 0 Å². The van der Waals surface area contributed by atoms with E-state index < -0.39 is 15.8 Å². The van der Waals surface area contributed by atoms with Gasteiger partial charge in [-0.2, -0.15) is 0 Å². The smallest absolute Gasteiger partial charge is 0.255 e. The van der Waals surface area contributed by atoms with E-state index in [0.717, 1.165) is 17.9 Å². The summed E-state index contributed by atoms with van der Waals surface area (Å²) in [7, 11) is -3.53. The van der Waals surface area contributed by atoms with Crippen LogP contribution in [-0.4, -0.2) is 29.6 Å². The number of hydrogen-bond donors (Lipinski definition) is 2. The third-order valence-electron chi connectivity index (χ3n) is 5.17. The first kappa shape index (κ1) is 22.6. The third-order valence-corrected chi connectivity index (χ3v) is 5.78. The molecule has 2 N–H and O–H groups in total. The van der Waals surface area contributed by atoms with Crippen molar-refractivity contribution in [2.75, 3.05) is 11.0 Å². The van der Waals surface area contributed by atoms with Crippen LogP contribution in [0, 0.1) is 5.82 Å². The summed E-state index contributed by atoms with van der Waals surface area (Å²) in [4.78, 5) is 24.3. The standard InChI is InChI=1S/C24H23FN4O3S/c1-24(2,3)14-10-18(16-6-5-9-26-23(16)30)22-20(11-14)28-21(13-27-22)17-8-7-15(12-19(17)25)29-33(4,31)32/h5-13,29H,1-4H3,(H,26,30). The van der Waals surface area contributed by atoms with Gasteiger partial charge in [-0.15, -0.1) is 0 Å². The lowest BCUT2D eigenvalue weighted by atomic mass is 9.85. The van der Waals surface area contributed by atoms with Crippen LogP contribution in [-0.2, 0) is 15.4 Å². The summed E-state index contributed by atoms with van der Waals surface area (Å²) in [5, 5.41) is 0. The average molecular weight is 467 g/mol. The molecule has 2 aromatic carbocycles. The molecular formula is C24H23FN4O3S. The Morgan fingerprint density at radius 1 is 1.03 bits per heavy atom. The molecule has 0 atom stereocenters. The van der Waals surface area contributed by atoms with Gasteiger partial charge in [0, 0.05) is 22.9 Å². The molecule has 0 bridgehead atoms. The third kappa shape index (κ3) is 4.78. The normalized spacial score (nSPS) is 12.2. The van der Waals surface area contributed by atoms with Crippen molar-refractivity contribution in [3.05, 3.63) is 76.6 Å². The van der Waals surface area contributed by atoms with E-state index in [9.17, 15) is 17.6 Å². The number of halogens is 1. The maximum atomic E-state index is 14.8. The maximum Gasteiger partial charge on any atom is 0.255 e. The van der Waals surface area contributed by atoms with E-state index in [2.05, 4.69) is 40.4 Å². The number of aromatic amines is 1. The number of benzene rings is 2. The summed E-state index contributed by atoms with van der Waals surface area (Å²) >= 11 is 0. The first-order valence-electron chi connectivity index (χ1n) is 10.2. The molecular weight excluding hydrogens is 443 g/mol. The lowest BCUT2D eigenvalue weighted by Crippen LogP contribution is -2.13. The van der Waals surface area contributed by atoms with Crippen LogP contribution >= 0.6 is 0 Å². The lowest BCUT2D eigenvalue weighted by Gasteiger charge is -2.21. The number of nitrogens with one attached hydrogen (secondary N) is 2. The molecule has 0 fully saturated rings. The predicted octanol–water partition coefficient (Wildman–Crippen LogP) is 4.46. The number of aromatic nitrogens is 3. The molecule has 0 unspecified atom stereocenters. The molecule has 2 aromatic heterocycles. The highest BCUT2D eigenvalue weighted by Crippen LogP contribution is 2.33. The van der Waals surface area contributed by atoms with Crippen LogP contribution in [0.1, 0.15) is 26.3 Å². The zero-order chi connectivity index (χ0) is 24.0. The first-order chi connectivity index (χ1) is 15.4. The van der Waals surface area contributed by atoms with Crippen molar-refractivity contribution in [3.63, 3.8) is 0 Å². The van der Waals surface area contributed by atoms with Crippen LogP contribution in [0.3, 0.4) is 0 Å². The molecule has 9 heteroatoms. The topological polar surface area (TPSA) is 105 Å². The zero-order valence-corrected chi connectivity index (χ0v) is 19.4. The molecule has 0 saturated carbocycles. The molecule has 0 aliphatic rings. The quantitative estimate of drug-likeness (QED) is 0.462. The van der Waals surface area contributed by atoms with Gasteiger partial charge in [-0.1, -0.05) is 20.8 Å². The van der Waals surface area contributed by atoms with E-state index in [1.807, 2.05) is 12.1 Å². The summed E-state index contributed by atoms with van der Waals surface area (Å²) in [6, 6.07) is 11.3. The molecule has 0 aliphatic carbocycles. The van der Waals surface area contributed by atoms with Crippen LogP contribution in [0.15, 0.2) is 59.7 Å². The number of rotatable bonds is 4. The van der Waals surface area contributed by atoms with Crippen molar-refractivity contribution in [2.45, 2.75) is 26.2 Å². The Morgan fingerprint density at radius 2 is 1.79 bits per heavy atom. The molecule has 33 heavy (non-hydrogen) atoms. The highest BCUT2D eigenvalue weighted by atomic mass is 32.2. The van der Waals surface area contributed by atoms with Crippen LogP contribution in [0.5, 0.6) is 0 Å². The summed E-state index contributed by atoms with van der Waals surface area (Å²) in [6.07, 6.45) is 4.01. The Hall–Kier alpha value is -3.59. The summed E-state index contributed by atoms with van der Waals surface area (Å²) in [6.45, 7) is 6.16. The number of H-pyrrole nitrogens is 1. The van der Waals surface area contributed by atoms with Gasteiger partial charge in [-0.25, -0.2) is 17.8 Å². The first-order valence-corrected chi connectivity index (χ1v) is 12.1. The fourth-order valence-corrected chi connectivity index (χ4v) is 4.08. The van der Waals surface area contributed by atoms with Crippen molar-refractivity contribution in [3.8, 4) is 22.4 Å². The summed E-state index contributed by atoms with van der Waals surface area (Å²) in [5.74, 6) is -0.635.